The largest absolute Gasteiger partial charge is 0.500 e. The van der Waals surface area contributed by atoms with Gasteiger partial charge >= 0.3 is 0 Å². The number of rotatable bonds is 1. The summed E-state index contributed by atoms with van der Waals surface area (Å²) in [6.07, 6.45) is 6.60. The molecule has 0 N–H and O–H groups in total. The van der Waals surface area contributed by atoms with Gasteiger partial charge in [-0.1, -0.05) is 0 Å². The number of ether oxygens (including phenoxy) is 1. The minimum absolute atomic E-state index is 0.00755. The molecule has 2 aliphatic rings. The van der Waals surface area contributed by atoms with E-state index in [0.717, 1.165) is 10.2 Å². The zero-order valence-corrected chi connectivity index (χ0v) is 9.11. The Balaban J connectivity index is 2.49. The molecule has 2 rings (SSSR count). The van der Waals surface area contributed by atoms with Crippen molar-refractivity contribution in [3.8, 4) is 0 Å². The first-order valence-electron chi connectivity index (χ1n) is 4.14. The Morgan fingerprint density at radius 1 is 1.50 bits per heavy atom. The van der Waals surface area contributed by atoms with Gasteiger partial charge in [0.2, 0.25) is 0 Å². The van der Waals surface area contributed by atoms with Crippen LogP contribution in [0.2, 0.25) is 0 Å². The van der Waals surface area contributed by atoms with E-state index in [2.05, 4.69) is 20.9 Å². The fourth-order valence-corrected chi connectivity index (χ4v) is 1.96. The maximum Gasteiger partial charge on any atom is 0.173 e. The summed E-state index contributed by atoms with van der Waals surface area (Å²) < 4.78 is 5.97. The van der Waals surface area contributed by atoms with Crippen LogP contribution in [0.5, 0.6) is 0 Å². The van der Waals surface area contributed by atoms with E-state index >= 15 is 0 Å². The van der Waals surface area contributed by atoms with E-state index in [1.54, 1.807) is 13.2 Å². The molecule has 14 heavy (non-hydrogen) atoms. The summed E-state index contributed by atoms with van der Waals surface area (Å²) in [7, 11) is 1.56. The van der Waals surface area contributed by atoms with Crippen LogP contribution in [0.1, 0.15) is 0 Å². The van der Waals surface area contributed by atoms with Gasteiger partial charge in [-0.05, 0) is 28.1 Å². The van der Waals surface area contributed by atoms with Gasteiger partial charge in [0.1, 0.15) is 11.7 Å². The fraction of sp³-hybridized carbons (Fsp3) is 0.200. The van der Waals surface area contributed by atoms with E-state index in [1.165, 1.54) is 12.3 Å². The van der Waals surface area contributed by atoms with Crippen molar-refractivity contribution in [2.45, 2.75) is 0 Å². The van der Waals surface area contributed by atoms with E-state index in [0.29, 0.717) is 5.76 Å². The standard InChI is InChI=1S/C10H8BrNO2/c1-14-8-3-2-6(11)10-9(8)7(13)4-5-12-10/h2-5,9H,1H3. The van der Waals surface area contributed by atoms with E-state index in [9.17, 15) is 4.79 Å². The molecule has 1 aliphatic carbocycles. The predicted molar refractivity (Wildman–Crippen MR) is 57.2 cm³/mol. The van der Waals surface area contributed by atoms with Crippen LogP contribution in [-0.4, -0.2) is 18.6 Å². The number of ketones is 1. The van der Waals surface area contributed by atoms with Gasteiger partial charge in [-0.15, -0.1) is 0 Å². The summed E-state index contributed by atoms with van der Waals surface area (Å²) in [6, 6.07) is 0. The maximum atomic E-state index is 11.6. The number of carbonyl (C=O) groups excluding carboxylic acids is 1. The average molecular weight is 254 g/mol. The molecule has 72 valence electrons. The summed E-state index contributed by atoms with van der Waals surface area (Å²) in [5.74, 6) is 0.277. The van der Waals surface area contributed by atoms with E-state index in [4.69, 9.17) is 4.74 Å². The third-order valence-electron chi connectivity index (χ3n) is 2.17. The number of carbonyl (C=O) groups is 1. The van der Waals surface area contributed by atoms with Gasteiger partial charge in [0.25, 0.3) is 0 Å². The molecule has 0 aromatic heterocycles. The lowest BCUT2D eigenvalue weighted by molar-refractivity contribution is -0.116. The minimum Gasteiger partial charge on any atom is -0.500 e. The molecule has 0 aromatic rings. The smallest absolute Gasteiger partial charge is 0.173 e. The van der Waals surface area contributed by atoms with Crippen molar-refractivity contribution in [1.29, 1.82) is 0 Å². The highest BCUT2D eigenvalue weighted by Gasteiger charge is 2.32. The molecule has 1 atom stereocenters. The van der Waals surface area contributed by atoms with E-state index < -0.39 is 0 Å². The highest BCUT2D eigenvalue weighted by atomic mass is 79.9. The molecule has 4 heteroatoms. The normalized spacial score (nSPS) is 24.9. The SMILES string of the molecule is COC1=CC=C(Br)C2=NC=CC(=O)C12. The molecule has 0 bridgehead atoms. The Morgan fingerprint density at radius 3 is 3.00 bits per heavy atom. The topological polar surface area (TPSA) is 38.7 Å². The highest BCUT2D eigenvalue weighted by molar-refractivity contribution is 9.12. The first-order chi connectivity index (χ1) is 6.74. The molecular weight excluding hydrogens is 246 g/mol. The van der Waals surface area contributed by atoms with Gasteiger partial charge < -0.3 is 4.74 Å². The van der Waals surface area contributed by atoms with E-state index in [1.807, 2.05) is 6.08 Å². The summed E-state index contributed by atoms with van der Waals surface area (Å²) >= 11 is 3.36. The quantitative estimate of drug-likeness (QED) is 0.717. The highest BCUT2D eigenvalue weighted by Crippen LogP contribution is 2.29. The van der Waals surface area contributed by atoms with Crippen molar-refractivity contribution in [2.24, 2.45) is 10.9 Å². The monoisotopic (exact) mass is 253 g/mol. The van der Waals surface area contributed by atoms with Crippen LogP contribution in [0.25, 0.3) is 0 Å². The Morgan fingerprint density at radius 2 is 2.29 bits per heavy atom. The summed E-state index contributed by atoms with van der Waals surface area (Å²) in [5.41, 5.74) is 0.719. The van der Waals surface area contributed by atoms with Crippen molar-refractivity contribution in [3.63, 3.8) is 0 Å². The average Bonchev–Trinajstić information content (AvgIpc) is 2.20. The van der Waals surface area contributed by atoms with Gasteiger partial charge in [0.05, 0.1) is 12.8 Å². The first kappa shape index (κ1) is 9.40. The number of hydrogen-bond acceptors (Lipinski definition) is 3. The third-order valence-corrected chi connectivity index (χ3v) is 2.84. The number of fused-ring (bicyclic) bond motifs is 1. The second kappa shape index (κ2) is 3.53. The van der Waals surface area contributed by atoms with Crippen molar-refractivity contribution in [2.75, 3.05) is 7.11 Å². The number of nitrogens with zero attached hydrogens (tertiary/aromatic N) is 1. The number of hydrogen-bond donors (Lipinski definition) is 0. The van der Waals surface area contributed by atoms with E-state index in [-0.39, 0.29) is 11.7 Å². The van der Waals surface area contributed by atoms with Crippen LogP contribution in [0.15, 0.2) is 39.7 Å². The molecular formula is C10H8BrNO2. The Hall–Kier alpha value is -1.16. The lowest BCUT2D eigenvalue weighted by Gasteiger charge is -2.23. The molecule has 0 amide bonds. The minimum atomic E-state index is -0.371. The fourth-order valence-electron chi connectivity index (χ4n) is 1.49. The molecule has 0 saturated heterocycles. The maximum absolute atomic E-state index is 11.6. The molecule has 0 saturated carbocycles. The Bertz CT molecular complexity index is 404. The second-order valence-electron chi connectivity index (χ2n) is 2.95. The summed E-state index contributed by atoms with van der Waals surface area (Å²) in [5, 5.41) is 0. The molecule has 0 aromatic carbocycles. The van der Waals surface area contributed by atoms with Crippen LogP contribution in [0, 0.1) is 5.92 Å². The van der Waals surface area contributed by atoms with Crippen molar-refractivity contribution < 1.29 is 9.53 Å². The number of allylic oxidation sites excluding steroid dienone is 5. The molecule has 0 radical (unpaired) electrons. The third kappa shape index (κ3) is 1.35. The Kier molecular flexibility index (Phi) is 2.37. The van der Waals surface area contributed by atoms with Crippen molar-refractivity contribution in [1.82, 2.24) is 0 Å². The second-order valence-corrected chi connectivity index (χ2v) is 3.81. The van der Waals surface area contributed by atoms with Crippen LogP contribution >= 0.6 is 15.9 Å². The Labute approximate surface area is 90.0 Å². The van der Waals surface area contributed by atoms with Gasteiger partial charge in [-0.25, -0.2) is 0 Å². The van der Waals surface area contributed by atoms with Gasteiger partial charge in [-0.3, -0.25) is 9.79 Å². The van der Waals surface area contributed by atoms with Crippen LogP contribution in [0.4, 0.5) is 0 Å². The number of halogens is 1. The molecule has 1 heterocycles. The van der Waals surface area contributed by atoms with Crippen LogP contribution < -0.4 is 0 Å². The van der Waals surface area contributed by atoms with Crippen LogP contribution in [-0.2, 0) is 9.53 Å². The molecule has 1 aliphatic heterocycles. The summed E-state index contributed by atoms with van der Waals surface area (Å²) in [6.45, 7) is 0. The van der Waals surface area contributed by atoms with Gasteiger partial charge in [0.15, 0.2) is 5.78 Å². The van der Waals surface area contributed by atoms with Crippen molar-refractivity contribution in [3.05, 3.63) is 34.7 Å². The molecule has 1 unspecified atom stereocenters. The molecule has 3 nitrogen and oxygen atoms in total. The van der Waals surface area contributed by atoms with Crippen molar-refractivity contribution >= 4 is 27.4 Å². The number of aliphatic imine (C=N–C) groups is 1. The van der Waals surface area contributed by atoms with Crippen LogP contribution in [0.3, 0.4) is 0 Å². The summed E-state index contributed by atoms with van der Waals surface area (Å²) in [4.78, 5) is 15.8. The zero-order valence-electron chi connectivity index (χ0n) is 7.53. The van der Waals surface area contributed by atoms with Gasteiger partial charge in [0, 0.05) is 16.8 Å². The molecule has 0 fully saturated rings. The lowest BCUT2D eigenvalue weighted by atomic mass is 9.90. The van der Waals surface area contributed by atoms with Gasteiger partial charge in [-0.2, -0.15) is 0 Å². The zero-order chi connectivity index (χ0) is 10.1. The predicted octanol–water partition coefficient (Wildman–Crippen LogP) is 1.96. The first-order valence-corrected chi connectivity index (χ1v) is 4.93. The molecule has 0 spiro atoms. The number of methoxy groups -OCH3 is 1. The lowest BCUT2D eigenvalue weighted by Crippen LogP contribution is -2.29.